The molecule has 5 aromatic rings. The number of hydrogen-bond donors (Lipinski definition) is 1. The lowest BCUT2D eigenvalue weighted by atomic mass is 10.2. The van der Waals surface area contributed by atoms with Crippen LogP contribution in [0, 0.1) is 20.8 Å². The zero-order chi connectivity index (χ0) is 22.9. The standard InChI is InChI=1S/C24H21N7O2/c1-15-14-16(2)31(29-15)21-11-12-22(28-27-21)33-19-9-7-18(8-10-19)26-24(32)23-17(3)25-20-6-4-5-13-30(20)23/h4-14H,1-3H3,(H,26,32). The average Bonchev–Trinajstić information content (AvgIpc) is 3.33. The van der Waals surface area contributed by atoms with Gasteiger partial charge in [-0.2, -0.15) is 5.10 Å². The smallest absolute Gasteiger partial charge is 0.274 e. The first kappa shape index (κ1) is 20.4. The van der Waals surface area contributed by atoms with E-state index in [0.29, 0.717) is 34.5 Å². The molecule has 0 atom stereocenters. The summed E-state index contributed by atoms with van der Waals surface area (Å²) in [7, 11) is 0. The Morgan fingerprint density at radius 2 is 1.79 bits per heavy atom. The lowest BCUT2D eigenvalue weighted by molar-refractivity contribution is 0.102. The molecule has 5 rings (SSSR count). The molecule has 0 bridgehead atoms. The Bertz CT molecular complexity index is 1450. The number of pyridine rings is 1. The van der Waals surface area contributed by atoms with Crippen LogP contribution in [0.1, 0.15) is 27.6 Å². The fourth-order valence-corrected chi connectivity index (χ4v) is 3.65. The summed E-state index contributed by atoms with van der Waals surface area (Å²) in [6, 6.07) is 18.2. The maximum Gasteiger partial charge on any atom is 0.274 e. The van der Waals surface area contributed by atoms with Gasteiger partial charge in [-0.1, -0.05) is 6.07 Å². The number of amides is 1. The first-order valence-electron chi connectivity index (χ1n) is 10.4. The van der Waals surface area contributed by atoms with Gasteiger partial charge in [-0.3, -0.25) is 9.20 Å². The van der Waals surface area contributed by atoms with Crippen LogP contribution in [0.25, 0.3) is 11.5 Å². The number of nitrogens with zero attached hydrogens (tertiary/aromatic N) is 6. The van der Waals surface area contributed by atoms with Gasteiger partial charge in [-0.15, -0.1) is 10.2 Å². The van der Waals surface area contributed by atoms with Gasteiger partial charge in [0.2, 0.25) is 5.88 Å². The molecule has 1 N–H and O–H groups in total. The highest BCUT2D eigenvalue weighted by molar-refractivity contribution is 6.04. The van der Waals surface area contributed by atoms with Crippen molar-refractivity contribution < 1.29 is 9.53 Å². The molecule has 9 nitrogen and oxygen atoms in total. The van der Waals surface area contributed by atoms with Crippen molar-refractivity contribution in [3.63, 3.8) is 0 Å². The predicted octanol–water partition coefficient (Wildman–Crippen LogP) is 4.28. The predicted molar refractivity (Wildman–Crippen MR) is 123 cm³/mol. The molecule has 0 spiro atoms. The van der Waals surface area contributed by atoms with Crippen LogP contribution in [0.4, 0.5) is 5.69 Å². The van der Waals surface area contributed by atoms with Crippen LogP contribution in [0.5, 0.6) is 11.6 Å². The second-order valence-corrected chi connectivity index (χ2v) is 7.62. The van der Waals surface area contributed by atoms with Crippen molar-refractivity contribution in [2.45, 2.75) is 20.8 Å². The fraction of sp³-hybridized carbons (Fsp3) is 0.125. The molecule has 9 heteroatoms. The Labute approximate surface area is 189 Å². The molecule has 4 heterocycles. The van der Waals surface area contributed by atoms with E-state index >= 15 is 0 Å². The molecule has 33 heavy (non-hydrogen) atoms. The lowest BCUT2D eigenvalue weighted by Gasteiger charge is -2.08. The number of carbonyl (C=O) groups excluding carboxylic acids is 1. The summed E-state index contributed by atoms with van der Waals surface area (Å²) in [6.07, 6.45) is 1.82. The van der Waals surface area contributed by atoms with Crippen LogP contribution in [0.15, 0.2) is 66.9 Å². The zero-order valence-corrected chi connectivity index (χ0v) is 18.4. The number of carbonyl (C=O) groups is 1. The van der Waals surface area contributed by atoms with Crippen LogP contribution in [0.2, 0.25) is 0 Å². The van der Waals surface area contributed by atoms with E-state index in [1.165, 1.54) is 0 Å². The molecule has 1 aromatic carbocycles. The number of hydrogen-bond acceptors (Lipinski definition) is 6. The van der Waals surface area contributed by atoms with E-state index in [1.54, 1.807) is 45.5 Å². The van der Waals surface area contributed by atoms with Gasteiger partial charge < -0.3 is 10.1 Å². The topological polar surface area (TPSA) is 99.2 Å². The van der Waals surface area contributed by atoms with Gasteiger partial charge in [0.05, 0.1) is 11.4 Å². The summed E-state index contributed by atoms with van der Waals surface area (Å²) in [5.41, 5.74) is 4.44. The Hall–Kier alpha value is -4.53. The van der Waals surface area contributed by atoms with Gasteiger partial charge in [0, 0.05) is 23.6 Å². The Morgan fingerprint density at radius 1 is 0.970 bits per heavy atom. The highest BCUT2D eigenvalue weighted by Gasteiger charge is 2.16. The Balaban J connectivity index is 1.27. The van der Waals surface area contributed by atoms with Gasteiger partial charge >= 0.3 is 0 Å². The fourth-order valence-electron chi connectivity index (χ4n) is 3.65. The average molecular weight is 439 g/mol. The summed E-state index contributed by atoms with van der Waals surface area (Å²) < 4.78 is 9.29. The number of rotatable bonds is 5. The van der Waals surface area contributed by atoms with Crippen molar-refractivity contribution in [3.8, 4) is 17.4 Å². The number of aromatic nitrogens is 6. The molecule has 164 valence electrons. The largest absolute Gasteiger partial charge is 0.438 e. The number of nitrogens with one attached hydrogen (secondary N) is 1. The molecule has 1 amide bonds. The normalized spacial score (nSPS) is 11.0. The van der Waals surface area contributed by atoms with Crippen molar-refractivity contribution in [1.29, 1.82) is 0 Å². The van der Waals surface area contributed by atoms with E-state index in [2.05, 4.69) is 25.6 Å². The summed E-state index contributed by atoms with van der Waals surface area (Å²) in [5.74, 6) is 1.32. The highest BCUT2D eigenvalue weighted by atomic mass is 16.5. The van der Waals surface area contributed by atoms with Crippen LogP contribution in [-0.4, -0.2) is 35.3 Å². The van der Waals surface area contributed by atoms with E-state index < -0.39 is 0 Å². The third kappa shape index (κ3) is 4.03. The monoisotopic (exact) mass is 439 g/mol. The van der Waals surface area contributed by atoms with Gasteiger partial charge in [0.15, 0.2) is 5.82 Å². The quantitative estimate of drug-likeness (QED) is 0.439. The van der Waals surface area contributed by atoms with Crippen molar-refractivity contribution in [2.75, 3.05) is 5.32 Å². The molecule has 0 fully saturated rings. The van der Waals surface area contributed by atoms with Crippen LogP contribution >= 0.6 is 0 Å². The third-order valence-electron chi connectivity index (χ3n) is 5.11. The molecular weight excluding hydrogens is 418 g/mol. The summed E-state index contributed by atoms with van der Waals surface area (Å²) in [6.45, 7) is 5.71. The van der Waals surface area contributed by atoms with Gasteiger partial charge in [0.25, 0.3) is 5.91 Å². The highest BCUT2D eigenvalue weighted by Crippen LogP contribution is 2.22. The van der Waals surface area contributed by atoms with Gasteiger partial charge in [-0.05, 0) is 69.3 Å². The van der Waals surface area contributed by atoms with Crippen molar-refractivity contribution in [2.24, 2.45) is 0 Å². The van der Waals surface area contributed by atoms with E-state index in [9.17, 15) is 4.79 Å². The van der Waals surface area contributed by atoms with E-state index in [0.717, 1.165) is 17.0 Å². The first-order chi connectivity index (χ1) is 16.0. The molecule has 0 aliphatic rings. The number of anilines is 1. The summed E-state index contributed by atoms with van der Waals surface area (Å²) >= 11 is 0. The second-order valence-electron chi connectivity index (χ2n) is 7.62. The minimum absolute atomic E-state index is 0.231. The summed E-state index contributed by atoms with van der Waals surface area (Å²) in [4.78, 5) is 17.3. The SMILES string of the molecule is Cc1cc(C)n(-c2ccc(Oc3ccc(NC(=O)c4c(C)nc5ccccn45)cc3)nn2)n1. The van der Waals surface area contributed by atoms with Crippen molar-refractivity contribution in [3.05, 3.63) is 89.6 Å². The van der Waals surface area contributed by atoms with Crippen molar-refractivity contribution in [1.82, 2.24) is 29.4 Å². The zero-order valence-electron chi connectivity index (χ0n) is 18.4. The van der Waals surface area contributed by atoms with Crippen molar-refractivity contribution >= 4 is 17.2 Å². The molecule has 0 radical (unpaired) electrons. The number of benzene rings is 1. The van der Waals surface area contributed by atoms with Crippen LogP contribution < -0.4 is 10.1 Å². The number of imidazole rings is 1. The Morgan fingerprint density at radius 3 is 2.48 bits per heavy atom. The first-order valence-corrected chi connectivity index (χ1v) is 10.4. The number of aryl methyl sites for hydroxylation is 3. The summed E-state index contributed by atoms with van der Waals surface area (Å²) in [5, 5.41) is 15.6. The molecule has 0 saturated heterocycles. The second kappa shape index (κ2) is 8.19. The van der Waals surface area contributed by atoms with E-state index in [4.69, 9.17) is 4.74 Å². The maximum absolute atomic E-state index is 12.8. The third-order valence-corrected chi connectivity index (χ3v) is 5.11. The minimum Gasteiger partial charge on any atom is -0.438 e. The number of ether oxygens (including phenoxy) is 1. The molecular formula is C24H21N7O2. The molecule has 0 saturated carbocycles. The molecule has 0 aliphatic heterocycles. The van der Waals surface area contributed by atoms with E-state index in [-0.39, 0.29) is 5.91 Å². The lowest BCUT2D eigenvalue weighted by Crippen LogP contribution is -2.15. The van der Waals surface area contributed by atoms with Crippen LogP contribution in [0.3, 0.4) is 0 Å². The van der Waals surface area contributed by atoms with Gasteiger partial charge in [-0.25, -0.2) is 9.67 Å². The van der Waals surface area contributed by atoms with E-state index in [1.807, 2.05) is 51.2 Å². The molecule has 0 unspecified atom stereocenters. The maximum atomic E-state index is 12.8. The molecule has 0 aliphatic carbocycles. The van der Waals surface area contributed by atoms with Crippen LogP contribution in [-0.2, 0) is 0 Å². The Kier molecular flexibility index (Phi) is 5.06. The van der Waals surface area contributed by atoms with Gasteiger partial charge in [0.1, 0.15) is 17.1 Å². The molecule has 4 aromatic heterocycles. The minimum atomic E-state index is -0.231. The number of fused-ring (bicyclic) bond motifs is 1.